The summed E-state index contributed by atoms with van der Waals surface area (Å²) in [6, 6.07) is 2.95. The summed E-state index contributed by atoms with van der Waals surface area (Å²) in [4.78, 5) is -0.0473. The molecule has 0 heterocycles. The number of sulfonamides is 1. The van der Waals surface area contributed by atoms with Gasteiger partial charge >= 0.3 is 0 Å². The zero-order chi connectivity index (χ0) is 14.9. The van der Waals surface area contributed by atoms with Crippen molar-refractivity contribution in [2.45, 2.75) is 43.5 Å². The van der Waals surface area contributed by atoms with Gasteiger partial charge in [-0.25, -0.2) is 13.1 Å². The third-order valence-electron chi connectivity index (χ3n) is 3.68. The second kappa shape index (κ2) is 6.53. The van der Waals surface area contributed by atoms with E-state index in [1.54, 1.807) is 0 Å². The Morgan fingerprint density at radius 3 is 2.25 bits per heavy atom. The normalized spacial score (nSPS) is 18.4. The maximum atomic E-state index is 12.5. The number of benzene rings is 1. The number of hydrogen-bond donors (Lipinski definition) is 1. The Kier molecular flexibility index (Phi) is 5.40. The highest BCUT2D eigenvalue weighted by Gasteiger charge is 2.28. The van der Waals surface area contributed by atoms with Crippen LogP contribution in [0.15, 0.2) is 21.5 Å². The molecule has 1 fully saturated rings. The fourth-order valence-corrected chi connectivity index (χ4v) is 5.89. The minimum absolute atomic E-state index is 0.0473. The van der Waals surface area contributed by atoms with Crippen LogP contribution in [0.3, 0.4) is 0 Å². The van der Waals surface area contributed by atoms with E-state index >= 15 is 0 Å². The third-order valence-corrected chi connectivity index (χ3v) is 6.62. The van der Waals surface area contributed by atoms with Gasteiger partial charge in [-0.05, 0) is 37.8 Å². The zero-order valence-corrected chi connectivity index (χ0v) is 14.9. The van der Waals surface area contributed by atoms with Crippen molar-refractivity contribution in [2.75, 3.05) is 0 Å². The Balaban J connectivity index is 2.26. The molecule has 112 valence electrons. The second-order valence-corrected chi connectivity index (χ2v) is 8.53. The zero-order valence-electron chi connectivity index (χ0n) is 11.0. The first kappa shape index (κ1) is 16.6. The Bertz CT molecular complexity index is 577. The summed E-state index contributed by atoms with van der Waals surface area (Å²) < 4.78 is 28.3. The molecule has 1 atom stereocenters. The van der Waals surface area contributed by atoms with Crippen molar-refractivity contribution in [1.29, 1.82) is 0 Å². The van der Waals surface area contributed by atoms with Crippen LogP contribution in [-0.2, 0) is 10.0 Å². The molecular formula is C13H16BrCl2NO2S. The topological polar surface area (TPSA) is 46.2 Å². The Morgan fingerprint density at radius 2 is 1.75 bits per heavy atom. The van der Waals surface area contributed by atoms with Gasteiger partial charge < -0.3 is 0 Å². The largest absolute Gasteiger partial charge is 0.243 e. The predicted molar refractivity (Wildman–Crippen MR) is 85.9 cm³/mol. The third kappa shape index (κ3) is 3.69. The van der Waals surface area contributed by atoms with Crippen molar-refractivity contribution in [3.8, 4) is 0 Å². The first-order valence-corrected chi connectivity index (χ1v) is 9.51. The number of halogens is 3. The van der Waals surface area contributed by atoms with Crippen LogP contribution in [0.5, 0.6) is 0 Å². The minimum Gasteiger partial charge on any atom is -0.208 e. The van der Waals surface area contributed by atoms with E-state index in [4.69, 9.17) is 23.2 Å². The molecule has 0 spiro atoms. The molecule has 1 saturated carbocycles. The van der Waals surface area contributed by atoms with Crippen LogP contribution >= 0.6 is 39.1 Å². The van der Waals surface area contributed by atoms with Crippen molar-refractivity contribution in [2.24, 2.45) is 5.92 Å². The van der Waals surface area contributed by atoms with Crippen LogP contribution in [-0.4, -0.2) is 14.5 Å². The fraction of sp³-hybridized carbons (Fsp3) is 0.538. The molecule has 0 aliphatic heterocycles. The van der Waals surface area contributed by atoms with E-state index in [0.29, 0.717) is 10.4 Å². The lowest BCUT2D eigenvalue weighted by molar-refractivity contribution is 0.424. The molecule has 1 unspecified atom stereocenters. The van der Waals surface area contributed by atoms with E-state index in [-0.39, 0.29) is 21.0 Å². The SMILES string of the molecule is CC(NS(=O)(=O)c1c(Cl)cc(Br)cc1Cl)C1CCCC1. The number of nitrogens with one attached hydrogen (secondary N) is 1. The van der Waals surface area contributed by atoms with E-state index in [2.05, 4.69) is 20.7 Å². The smallest absolute Gasteiger partial charge is 0.208 e. The minimum atomic E-state index is -3.71. The van der Waals surface area contributed by atoms with Gasteiger partial charge in [0.2, 0.25) is 10.0 Å². The first-order chi connectivity index (χ1) is 9.31. The van der Waals surface area contributed by atoms with E-state index < -0.39 is 10.0 Å². The maximum absolute atomic E-state index is 12.5. The second-order valence-electron chi connectivity index (χ2n) is 5.15. The molecule has 1 aromatic carbocycles. The van der Waals surface area contributed by atoms with Gasteiger partial charge in [0.15, 0.2) is 0 Å². The number of hydrogen-bond acceptors (Lipinski definition) is 2. The lowest BCUT2D eigenvalue weighted by Gasteiger charge is -2.21. The van der Waals surface area contributed by atoms with Crippen LogP contribution in [0.2, 0.25) is 10.0 Å². The van der Waals surface area contributed by atoms with Gasteiger partial charge in [0, 0.05) is 10.5 Å². The lowest BCUT2D eigenvalue weighted by Crippen LogP contribution is -2.37. The molecule has 0 radical (unpaired) electrons. The average Bonchev–Trinajstić information content (AvgIpc) is 2.78. The summed E-state index contributed by atoms with van der Waals surface area (Å²) in [6.07, 6.45) is 4.45. The summed E-state index contributed by atoms with van der Waals surface area (Å²) in [5.41, 5.74) is 0. The van der Waals surface area contributed by atoms with Crippen molar-refractivity contribution in [3.63, 3.8) is 0 Å². The van der Waals surface area contributed by atoms with Crippen LogP contribution in [0.1, 0.15) is 32.6 Å². The van der Waals surface area contributed by atoms with E-state index in [0.717, 1.165) is 25.7 Å². The van der Waals surface area contributed by atoms with Crippen LogP contribution in [0.4, 0.5) is 0 Å². The monoisotopic (exact) mass is 399 g/mol. The van der Waals surface area contributed by atoms with Gasteiger partial charge in [0.05, 0.1) is 10.0 Å². The molecule has 0 saturated heterocycles. The summed E-state index contributed by atoms with van der Waals surface area (Å²) >= 11 is 15.3. The van der Waals surface area contributed by atoms with Crippen LogP contribution in [0, 0.1) is 5.92 Å². The summed E-state index contributed by atoms with van der Waals surface area (Å²) in [7, 11) is -3.71. The van der Waals surface area contributed by atoms with Crippen molar-refractivity contribution >= 4 is 49.2 Å². The summed E-state index contributed by atoms with van der Waals surface area (Å²) in [5.74, 6) is 0.387. The molecule has 1 aliphatic carbocycles. The molecule has 3 nitrogen and oxygen atoms in total. The number of rotatable bonds is 4. The van der Waals surface area contributed by atoms with Crippen molar-refractivity contribution in [1.82, 2.24) is 4.72 Å². The highest BCUT2D eigenvalue weighted by Crippen LogP contribution is 2.34. The Labute approximate surface area is 138 Å². The van der Waals surface area contributed by atoms with E-state index in [9.17, 15) is 8.42 Å². The molecule has 1 N–H and O–H groups in total. The molecule has 0 aromatic heterocycles. The quantitative estimate of drug-likeness (QED) is 0.801. The summed E-state index contributed by atoms with van der Waals surface area (Å²) in [6.45, 7) is 1.90. The van der Waals surface area contributed by atoms with Crippen molar-refractivity contribution < 1.29 is 8.42 Å². The van der Waals surface area contributed by atoms with E-state index in [1.807, 2.05) is 6.92 Å². The molecule has 1 aliphatic rings. The molecule has 2 rings (SSSR count). The fourth-order valence-electron chi connectivity index (χ4n) is 2.64. The molecule has 0 bridgehead atoms. The molecule has 7 heteroatoms. The van der Waals surface area contributed by atoms with Gasteiger partial charge in [-0.1, -0.05) is 52.0 Å². The van der Waals surface area contributed by atoms with Gasteiger partial charge in [0.25, 0.3) is 0 Å². The van der Waals surface area contributed by atoms with Gasteiger partial charge in [-0.2, -0.15) is 0 Å². The average molecular weight is 401 g/mol. The Hall–Kier alpha value is 0.190. The van der Waals surface area contributed by atoms with Gasteiger partial charge in [-0.3, -0.25) is 0 Å². The first-order valence-electron chi connectivity index (χ1n) is 6.48. The molecule has 20 heavy (non-hydrogen) atoms. The Morgan fingerprint density at radius 1 is 1.25 bits per heavy atom. The maximum Gasteiger partial charge on any atom is 0.243 e. The van der Waals surface area contributed by atoms with Gasteiger partial charge in [0.1, 0.15) is 4.90 Å². The highest BCUT2D eigenvalue weighted by atomic mass is 79.9. The standard InChI is InChI=1S/C13H16BrCl2NO2S/c1-8(9-4-2-3-5-9)17-20(18,19)13-11(15)6-10(14)7-12(13)16/h6-9,17H,2-5H2,1H3. The summed E-state index contributed by atoms with van der Waals surface area (Å²) in [5, 5.41) is 0.242. The molecule has 0 amide bonds. The highest BCUT2D eigenvalue weighted by molar-refractivity contribution is 9.10. The molecular weight excluding hydrogens is 385 g/mol. The predicted octanol–water partition coefficient (Wildman–Crippen LogP) is 4.61. The van der Waals surface area contributed by atoms with Gasteiger partial charge in [-0.15, -0.1) is 0 Å². The van der Waals surface area contributed by atoms with E-state index in [1.165, 1.54) is 12.1 Å². The molecule has 1 aromatic rings. The van der Waals surface area contributed by atoms with Crippen LogP contribution < -0.4 is 4.72 Å². The van der Waals surface area contributed by atoms with Crippen molar-refractivity contribution in [3.05, 3.63) is 26.7 Å². The van der Waals surface area contributed by atoms with Crippen LogP contribution in [0.25, 0.3) is 0 Å². The lowest BCUT2D eigenvalue weighted by atomic mass is 10.0.